The highest BCUT2D eigenvalue weighted by molar-refractivity contribution is 5.76. The first-order valence-electron chi connectivity index (χ1n) is 30.6. The number of hydrogen-bond acceptors (Lipinski definition) is 13. The third-order valence-electron chi connectivity index (χ3n) is 13.8. The van der Waals surface area contributed by atoms with Crippen LogP contribution in [0.3, 0.4) is 0 Å². The molecular weight excluding hydrogens is 1030 g/mol. The van der Waals surface area contributed by atoms with E-state index in [4.69, 9.17) is 18.9 Å². The molecule has 1 amide bonds. The fourth-order valence-corrected chi connectivity index (χ4v) is 8.92. The maximum atomic E-state index is 13.2. The molecule has 458 valence electrons. The zero-order chi connectivity index (χ0) is 58.8. The normalized spacial score (nSPS) is 25.2. The van der Waals surface area contributed by atoms with E-state index < -0.39 is 86.8 Å². The van der Waals surface area contributed by atoms with E-state index in [0.29, 0.717) is 12.8 Å². The lowest BCUT2D eigenvalue weighted by Gasteiger charge is -2.46. The summed E-state index contributed by atoms with van der Waals surface area (Å²) in [6.07, 6.45) is 59.2. The highest BCUT2D eigenvalue weighted by Gasteiger charge is 2.51. The van der Waals surface area contributed by atoms with Gasteiger partial charge in [0, 0.05) is 6.42 Å². The summed E-state index contributed by atoms with van der Waals surface area (Å²) >= 11 is 0. The molecule has 9 N–H and O–H groups in total. The van der Waals surface area contributed by atoms with Crippen LogP contribution in [0.25, 0.3) is 0 Å². The molecule has 0 aromatic heterocycles. The first kappa shape index (κ1) is 73.0. The number of hydrogen-bond donors (Lipinski definition) is 9. The summed E-state index contributed by atoms with van der Waals surface area (Å²) in [5, 5.41) is 86.6. The zero-order valence-electron chi connectivity index (χ0n) is 49.2. The highest BCUT2D eigenvalue weighted by Crippen LogP contribution is 2.30. The average molecular weight is 1130 g/mol. The monoisotopic (exact) mass is 1130 g/mol. The number of amides is 1. The summed E-state index contributed by atoms with van der Waals surface area (Å²) in [7, 11) is 0. The molecule has 2 aliphatic rings. The van der Waals surface area contributed by atoms with Crippen molar-refractivity contribution in [3.05, 3.63) is 146 Å². The number of ether oxygens (including phenoxy) is 4. The van der Waals surface area contributed by atoms with Gasteiger partial charge in [0.25, 0.3) is 0 Å². The number of unbranched alkanes of at least 4 members (excludes halogenated alkanes) is 9. The molecule has 2 heterocycles. The molecule has 2 saturated heterocycles. The number of allylic oxidation sites excluding steroid dienone is 24. The maximum absolute atomic E-state index is 13.2. The van der Waals surface area contributed by atoms with Gasteiger partial charge in [-0.25, -0.2) is 0 Å². The van der Waals surface area contributed by atoms with E-state index in [0.717, 1.165) is 141 Å². The summed E-state index contributed by atoms with van der Waals surface area (Å²) in [6, 6.07) is -0.850. The van der Waals surface area contributed by atoms with Gasteiger partial charge in [0.1, 0.15) is 48.8 Å². The Morgan fingerprint density at radius 3 is 1.31 bits per heavy atom. The van der Waals surface area contributed by atoms with Crippen molar-refractivity contribution in [1.82, 2.24) is 5.32 Å². The van der Waals surface area contributed by atoms with Crippen molar-refractivity contribution in [3.8, 4) is 0 Å². The van der Waals surface area contributed by atoms with Crippen molar-refractivity contribution in [1.29, 1.82) is 0 Å². The molecule has 0 radical (unpaired) electrons. The second-order valence-corrected chi connectivity index (χ2v) is 20.7. The Labute approximate surface area is 487 Å². The Morgan fingerprint density at radius 2 is 0.852 bits per heavy atom. The van der Waals surface area contributed by atoms with Gasteiger partial charge in [0.15, 0.2) is 12.6 Å². The van der Waals surface area contributed by atoms with Gasteiger partial charge in [0.2, 0.25) is 5.91 Å². The predicted molar refractivity (Wildman–Crippen MR) is 327 cm³/mol. The van der Waals surface area contributed by atoms with Crippen LogP contribution < -0.4 is 5.32 Å². The summed E-state index contributed by atoms with van der Waals surface area (Å²) in [5.41, 5.74) is 0. The highest BCUT2D eigenvalue weighted by atomic mass is 16.7. The van der Waals surface area contributed by atoms with Crippen molar-refractivity contribution in [2.45, 2.75) is 248 Å². The van der Waals surface area contributed by atoms with Crippen molar-refractivity contribution in [2.24, 2.45) is 0 Å². The molecule has 12 unspecified atom stereocenters. The molecule has 14 nitrogen and oxygen atoms in total. The molecule has 0 bridgehead atoms. The van der Waals surface area contributed by atoms with Crippen LogP contribution >= 0.6 is 0 Å². The predicted octanol–water partition coefficient (Wildman–Crippen LogP) is 10.9. The van der Waals surface area contributed by atoms with Crippen molar-refractivity contribution < 1.29 is 64.6 Å². The van der Waals surface area contributed by atoms with Gasteiger partial charge < -0.3 is 65.1 Å². The van der Waals surface area contributed by atoms with E-state index in [1.165, 1.54) is 0 Å². The van der Waals surface area contributed by atoms with E-state index in [-0.39, 0.29) is 18.9 Å². The van der Waals surface area contributed by atoms with Gasteiger partial charge >= 0.3 is 0 Å². The molecule has 81 heavy (non-hydrogen) atoms. The molecule has 0 aromatic rings. The molecule has 2 aliphatic heterocycles. The summed E-state index contributed by atoms with van der Waals surface area (Å²) in [4.78, 5) is 13.2. The Bertz CT molecular complexity index is 1910. The Morgan fingerprint density at radius 1 is 0.457 bits per heavy atom. The fourth-order valence-electron chi connectivity index (χ4n) is 8.92. The van der Waals surface area contributed by atoms with Crippen molar-refractivity contribution in [2.75, 3.05) is 19.8 Å². The number of rotatable bonds is 46. The molecule has 0 aromatic carbocycles. The van der Waals surface area contributed by atoms with Crippen LogP contribution in [0, 0.1) is 0 Å². The smallest absolute Gasteiger partial charge is 0.220 e. The number of aliphatic hydroxyl groups excluding tert-OH is 8. The largest absolute Gasteiger partial charge is 0.394 e. The first-order valence-corrected chi connectivity index (χ1v) is 30.6. The van der Waals surface area contributed by atoms with Gasteiger partial charge in [-0.3, -0.25) is 4.79 Å². The zero-order valence-corrected chi connectivity index (χ0v) is 49.2. The quantitative estimate of drug-likeness (QED) is 0.0204. The van der Waals surface area contributed by atoms with Gasteiger partial charge in [-0.1, -0.05) is 211 Å². The first-order chi connectivity index (χ1) is 39.6. The standard InChI is InChI=1S/C67H107NO13/c1-3-5-7-9-11-12-13-14-15-16-17-18-19-20-21-22-23-24-25-26-27-28-29-30-31-32-33-34-35-36-37-38-39-40-41-42-43-44-45-47-49-51-59(72)68-55(56(71)50-48-46-10-8-6-4-2)54-78-66-64(77)62(75)65(58(53-70)80-66)81-67-63(76)61(74)60(73)57(52-69)79-67/h5,7,11-12,14-15,17-18,20-21,23-24,26-27,29-30,32-33,35-36,38-39,41-42,55-58,60-67,69-71,73-77H,3-4,6,8-10,13,16,19,22,25,28,31,34,37,40,43-54H2,1-2H3,(H,68,72)/b7-5-,12-11-,15-14-,18-17-,21-20-,24-23-,27-26-,30-29-,33-32-,36-35-,39-38-,42-41-. The Balaban J connectivity index is 1.58. The molecule has 12 atom stereocenters. The average Bonchev–Trinajstić information content (AvgIpc) is 3.55. The second kappa shape index (κ2) is 50.4. The third kappa shape index (κ3) is 35.6. The fraction of sp³-hybridized carbons (Fsp3) is 0.627. The molecule has 0 saturated carbocycles. The molecular formula is C67H107NO13. The van der Waals surface area contributed by atoms with Gasteiger partial charge in [-0.05, 0) is 103 Å². The van der Waals surface area contributed by atoms with Crippen LogP contribution in [0.1, 0.15) is 174 Å². The minimum Gasteiger partial charge on any atom is -0.394 e. The van der Waals surface area contributed by atoms with Crippen LogP contribution in [0.5, 0.6) is 0 Å². The SMILES string of the molecule is CC/C=C\C/C=C\C/C=C\C/C=C\C/C=C\C/C=C\C/C=C\C/C=C\C/C=C\C/C=C\C/C=C\C/C=C\CCCCCCC(=O)NC(COC1OC(CO)C(OC2OC(CO)C(O)C(O)C2O)C(O)C1O)C(O)CCCCCCCC. The van der Waals surface area contributed by atoms with E-state index in [1.54, 1.807) is 0 Å². The number of aliphatic hydroxyl groups is 8. The topological polar surface area (TPSA) is 228 Å². The number of carbonyl (C=O) groups excluding carboxylic acids is 1. The van der Waals surface area contributed by atoms with Crippen molar-refractivity contribution in [3.63, 3.8) is 0 Å². The van der Waals surface area contributed by atoms with Crippen LogP contribution in [-0.2, 0) is 23.7 Å². The van der Waals surface area contributed by atoms with Crippen LogP contribution in [0.15, 0.2) is 146 Å². The minimum absolute atomic E-state index is 0.244. The van der Waals surface area contributed by atoms with Crippen LogP contribution in [-0.4, -0.2) is 140 Å². The minimum atomic E-state index is -1.79. The number of carbonyl (C=O) groups is 1. The van der Waals surface area contributed by atoms with E-state index >= 15 is 0 Å². The summed E-state index contributed by atoms with van der Waals surface area (Å²) in [6.45, 7) is 2.61. The summed E-state index contributed by atoms with van der Waals surface area (Å²) < 4.78 is 22.7. The lowest BCUT2D eigenvalue weighted by Crippen LogP contribution is -2.65. The molecule has 0 spiro atoms. The molecule has 14 heteroatoms. The van der Waals surface area contributed by atoms with E-state index in [9.17, 15) is 45.6 Å². The molecule has 0 aliphatic carbocycles. The maximum Gasteiger partial charge on any atom is 0.220 e. The molecule has 2 fully saturated rings. The van der Waals surface area contributed by atoms with Crippen LogP contribution in [0.4, 0.5) is 0 Å². The van der Waals surface area contributed by atoms with Gasteiger partial charge in [-0.2, -0.15) is 0 Å². The van der Waals surface area contributed by atoms with Gasteiger partial charge in [0.05, 0.1) is 32.0 Å². The summed E-state index contributed by atoms with van der Waals surface area (Å²) in [5.74, 6) is -0.244. The lowest BCUT2D eigenvalue weighted by atomic mass is 9.97. The molecule has 2 rings (SSSR count). The third-order valence-corrected chi connectivity index (χ3v) is 13.8. The van der Waals surface area contributed by atoms with E-state index in [1.807, 2.05) is 0 Å². The van der Waals surface area contributed by atoms with Crippen molar-refractivity contribution >= 4 is 5.91 Å². The lowest BCUT2D eigenvalue weighted by molar-refractivity contribution is -0.359. The Hall–Kier alpha value is -4.13. The number of nitrogens with one attached hydrogen (secondary N) is 1. The Kier molecular flexibility index (Phi) is 45.4. The van der Waals surface area contributed by atoms with Crippen LogP contribution in [0.2, 0.25) is 0 Å². The van der Waals surface area contributed by atoms with Gasteiger partial charge in [-0.15, -0.1) is 0 Å². The van der Waals surface area contributed by atoms with E-state index in [2.05, 4.69) is 165 Å². The second-order valence-electron chi connectivity index (χ2n) is 20.7.